The molecular weight excluding hydrogens is 326 g/mol. The lowest BCUT2D eigenvalue weighted by molar-refractivity contribution is -0.394. The molecule has 0 atom stereocenters. The highest BCUT2D eigenvalue weighted by atomic mass is 32.1. The van der Waals surface area contributed by atoms with Gasteiger partial charge in [-0.25, -0.2) is 0 Å². The molecule has 120 valence electrons. The van der Waals surface area contributed by atoms with Crippen molar-refractivity contribution in [2.75, 3.05) is 6.54 Å². The molecule has 0 radical (unpaired) electrons. The third-order valence-electron chi connectivity index (χ3n) is 3.13. The number of hydrogen-bond acceptors (Lipinski definition) is 5. The molecule has 0 aliphatic rings. The predicted molar refractivity (Wildman–Crippen MR) is 91.5 cm³/mol. The van der Waals surface area contributed by atoms with Gasteiger partial charge in [-0.3, -0.25) is 20.2 Å². The summed E-state index contributed by atoms with van der Waals surface area (Å²) in [5.41, 5.74) is 0.0887. The average molecular weight is 343 g/mol. The first-order chi connectivity index (χ1) is 10.4. The Labute approximate surface area is 138 Å². The number of unbranched alkanes of at least 4 members (excludes halogenated alkanes) is 3. The predicted octanol–water partition coefficient (Wildman–Crippen LogP) is 3.41. The Morgan fingerprint density at radius 3 is 2.41 bits per heavy atom. The van der Waals surface area contributed by atoms with Crippen molar-refractivity contribution in [2.24, 2.45) is 0 Å². The molecule has 1 aromatic carbocycles. The van der Waals surface area contributed by atoms with Gasteiger partial charge in [-0.05, 0) is 25.3 Å². The van der Waals surface area contributed by atoms with Gasteiger partial charge in [0, 0.05) is 18.2 Å². The van der Waals surface area contributed by atoms with Gasteiger partial charge in [0.15, 0.2) is 0 Å². The van der Waals surface area contributed by atoms with Crippen LogP contribution in [0.5, 0.6) is 0 Å². The zero-order chi connectivity index (χ0) is 16.5. The number of nitrogens with zero attached hydrogens (tertiary/aromatic N) is 2. The smallest absolute Gasteiger partial charge is 0.279 e. The normalized spacial score (nSPS) is 10.2. The van der Waals surface area contributed by atoms with Gasteiger partial charge in [0.05, 0.1) is 15.9 Å². The van der Waals surface area contributed by atoms with Crippen molar-refractivity contribution >= 4 is 40.5 Å². The Balaban J connectivity index is 2.47. The summed E-state index contributed by atoms with van der Waals surface area (Å²) in [7, 11) is 0. The fourth-order valence-corrected chi connectivity index (χ4v) is 2.25. The number of nitrogens with one attached hydrogen (secondary N) is 1. The van der Waals surface area contributed by atoms with Crippen molar-refractivity contribution in [3.8, 4) is 0 Å². The van der Waals surface area contributed by atoms with Crippen LogP contribution in [0.15, 0.2) is 18.2 Å². The number of aryl methyl sites for hydroxylation is 1. The Kier molecular flexibility index (Phi) is 7.75. The number of thiol groups is 1. The number of non-ortho nitro benzene ring substituents is 1. The number of benzene rings is 1. The lowest BCUT2D eigenvalue weighted by Crippen LogP contribution is -2.17. The Bertz CT molecular complexity index is 566. The van der Waals surface area contributed by atoms with E-state index in [-0.39, 0.29) is 11.4 Å². The standard InChI is InChI=1S/C13H17N3O4S2/c17-15(18)11-7-6-10(12(9-11)16(19)20)5-3-1-2-4-8-14-13(21)22/h6-7,9H,1-5,8H2,(H2,14,21,22). The summed E-state index contributed by atoms with van der Waals surface area (Å²) in [6, 6.07) is 3.80. The van der Waals surface area contributed by atoms with Crippen LogP contribution in [0.2, 0.25) is 0 Å². The highest BCUT2D eigenvalue weighted by Crippen LogP contribution is 2.26. The quantitative estimate of drug-likeness (QED) is 0.234. The van der Waals surface area contributed by atoms with Crippen LogP contribution in [-0.2, 0) is 6.42 Å². The third-order valence-corrected chi connectivity index (χ3v) is 3.43. The second-order valence-electron chi connectivity index (χ2n) is 4.72. The van der Waals surface area contributed by atoms with Gasteiger partial charge < -0.3 is 5.32 Å². The zero-order valence-corrected chi connectivity index (χ0v) is 13.6. The van der Waals surface area contributed by atoms with E-state index in [0.717, 1.165) is 38.3 Å². The first-order valence-electron chi connectivity index (χ1n) is 6.80. The Hall–Kier alpha value is -1.74. The van der Waals surface area contributed by atoms with Crippen LogP contribution >= 0.6 is 24.8 Å². The summed E-state index contributed by atoms with van der Waals surface area (Å²) in [6.45, 7) is 0.764. The van der Waals surface area contributed by atoms with E-state index in [1.807, 2.05) is 0 Å². The van der Waals surface area contributed by atoms with Gasteiger partial charge in [0.2, 0.25) is 0 Å². The van der Waals surface area contributed by atoms with Crippen molar-refractivity contribution in [3.63, 3.8) is 0 Å². The molecule has 0 aromatic heterocycles. The van der Waals surface area contributed by atoms with E-state index in [2.05, 4.69) is 17.9 Å². The van der Waals surface area contributed by atoms with E-state index >= 15 is 0 Å². The van der Waals surface area contributed by atoms with Crippen LogP contribution in [0, 0.1) is 20.2 Å². The number of rotatable bonds is 9. The van der Waals surface area contributed by atoms with Crippen LogP contribution in [0.4, 0.5) is 11.4 Å². The first kappa shape index (κ1) is 18.3. The molecule has 0 heterocycles. The van der Waals surface area contributed by atoms with Crippen LogP contribution < -0.4 is 5.32 Å². The summed E-state index contributed by atoms with van der Waals surface area (Å²) in [5.74, 6) is 0. The van der Waals surface area contributed by atoms with Crippen LogP contribution in [0.25, 0.3) is 0 Å². The summed E-state index contributed by atoms with van der Waals surface area (Å²) >= 11 is 8.72. The van der Waals surface area contributed by atoms with Gasteiger partial charge >= 0.3 is 0 Å². The van der Waals surface area contributed by atoms with Crippen molar-refractivity contribution in [1.82, 2.24) is 5.32 Å². The zero-order valence-electron chi connectivity index (χ0n) is 11.9. The SMILES string of the molecule is O=[N+]([O-])c1ccc(CCCCCCNC(=S)S)c([N+](=O)[O-])c1. The summed E-state index contributed by atoms with van der Waals surface area (Å²) in [4.78, 5) is 20.4. The van der Waals surface area contributed by atoms with E-state index in [1.54, 1.807) is 0 Å². The van der Waals surface area contributed by atoms with Crippen LogP contribution in [-0.4, -0.2) is 20.7 Å². The van der Waals surface area contributed by atoms with Crippen molar-refractivity contribution in [2.45, 2.75) is 32.1 Å². The summed E-state index contributed by atoms with van der Waals surface area (Å²) in [6.07, 6.45) is 4.18. The fraction of sp³-hybridized carbons (Fsp3) is 0.462. The second kappa shape index (κ2) is 9.31. The number of thiocarbonyl (C=S) groups is 1. The molecule has 0 saturated heterocycles. The topological polar surface area (TPSA) is 98.3 Å². The van der Waals surface area contributed by atoms with Gasteiger partial charge in [-0.1, -0.05) is 25.1 Å². The largest absolute Gasteiger partial charge is 0.371 e. The number of nitro groups is 2. The van der Waals surface area contributed by atoms with E-state index in [4.69, 9.17) is 12.2 Å². The molecule has 0 saturated carbocycles. The fourth-order valence-electron chi connectivity index (χ4n) is 2.04. The molecule has 0 bridgehead atoms. The minimum absolute atomic E-state index is 0.184. The van der Waals surface area contributed by atoms with Gasteiger partial charge in [-0.15, -0.1) is 12.6 Å². The lowest BCUT2D eigenvalue weighted by Gasteiger charge is -2.04. The minimum atomic E-state index is -0.629. The lowest BCUT2D eigenvalue weighted by atomic mass is 10.0. The van der Waals surface area contributed by atoms with Gasteiger partial charge in [0.1, 0.15) is 4.32 Å². The molecule has 0 spiro atoms. The van der Waals surface area contributed by atoms with E-state index < -0.39 is 9.85 Å². The van der Waals surface area contributed by atoms with Gasteiger partial charge in [0.25, 0.3) is 11.4 Å². The number of hydrogen-bond donors (Lipinski definition) is 2. The van der Waals surface area contributed by atoms with Gasteiger partial charge in [-0.2, -0.15) is 0 Å². The Morgan fingerprint density at radius 1 is 1.14 bits per heavy atom. The second-order valence-corrected chi connectivity index (χ2v) is 5.88. The Morgan fingerprint density at radius 2 is 1.82 bits per heavy atom. The first-order valence-corrected chi connectivity index (χ1v) is 7.66. The molecule has 1 N–H and O–H groups in total. The summed E-state index contributed by atoms with van der Waals surface area (Å²) < 4.78 is 0.474. The van der Waals surface area contributed by atoms with Crippen molar-refractivity contribution < 1.29 is 9.85 Å². The molecule has 0 fully saturated rings. The molecule has 1 aromatic rings. The maximum atomic E-state index is 11.0. The van der Waals surface area contributed by atoms with E-state index in [0.29, 0.717) is 16.3 Å². The molecule has 0 unspecified atom stereocenters. The molecule has 1 rings (SSSR count). The molecule has 0 aliphatic heterocycles. The van der Waals surface area contributed by atoms with E-state index in [1.165, 1.54) is 12.1 Å². The van der Waals surface area contributed by atoms with E-state index in [9.17, 15) is 20.2 Å². The highest BCUT2D eigenvalue weighted by Gasteiger charge is 2.18. The van der Waals surface area contributed by atoms with Crippen LogP contribution in [0.1, 0.15) is 31.2 Å². The molecule has 0 amide bonds. The summed E-state index contributed by atoms with van der Waals surface area (Å²) in [5, 5.41) is 24.6. The molecule has 7 nitrogen and oxygen atoms in total. The highest BCUT2D eigenvalue weighted by molar-refractivity contribution is 8.11. The molecule has 0 aliphatic carbocycles. The minimum Gasteiger partial charge on any atom is -0.371 e. The third kappa shape index (κ3) is 6.35. The molecular formula is C13H17N3O4S2. The molecule has 9 heteroatoms. The maximum Gasteiger partial charge on any atom is 0.279 e. The monoisotopic (exact) mass is 343 g/mol. The maximum absolute atomic E-state index is 11.0. The van der Waals surface area contributed by atoms with Crippen molar-refractivity contribution in [3.05, 3.63) is 44.0 Å². The number of nitro benzene ring substituents is 2. The van der Waals surface area contributed by atoms with Crippen LogP contribution in [0.3, 0.4) is 0 Å². The van der Waals surface area contributed by atoms with Crippen molar-refractivity contribution in [1.29, 1.82) is 0 Å². The average Bonchev–Trinajstić information content (AvgIpc) is 2.45. The molecule has 22 heavy (non-hydrogen) atoms.